The van der Waals surface area contributed by atoms with Crippen LogP contribution in [-0.4, -0.2) is 12.5 Å². The molecule has 0 aliphatic rings. The topological polar surface area (TPSA) is 55.1 Å². The van der Waals surface area contributed by atoms with Gasteiger partial charge in [0.05, 0.1) is 0 Å². The molecule has 0 aliphatic heterocycles. The standard InChI is InChI=1S/C15H18N2OS/c1-11-4-5-13(9-14(11)16)15(18)17-7-2-3-12-6-8-19-10-12/h4-6,8-10H,2-3,7,16H2,1H3,(H,17,18). The lowest BCUT2D eigenvalue weighted by Crippen LogP contribution is -2.24. The van der Waals surface area contributed by atoms with E-state index in [4.69, 9.17) is 5.73 Å². The van der Waals surface area contributed by atoms with Gasteiger partial charge in [-0.3, -0.25) is 4.79 Å². The first-order chi connectivity index (χ1) is 9.16. The summed E-state index contributed by atoms with van der Waals surface area (Å²) in [4.78, 5) is 11.9. The van der Waals surface area contributed by atoms with E-state index in [0.29, 0.717) is 17.8 Å². The smallest absolute Gasteiger partial charge is 0.251 e. The van der Waals surface area contributed by atoms with Crippen LogP contribution in [0.3, 0.4) is 0 Å². The molecule has 0 spiro atoms. The van der Waals surface area contributed by atoms with Gasteiger partial charge in [-0.15, -0.1) is 0 Å². The third kappa shape index (κ3) is 3.83. The van der Waals surface area contributed by atoms with Crippen LogP contribution in [0.2, 0.25) is 0 Å². The van der Waals surface area contributed by atoms with E-state index in [-0.39, 0.29) is 5.91 Å². The van der Waals surface area contributed by atoms with E-state index in [0.717, 1.165) is 18.4 Å². The van der Waals surface area contributed by atoms with Gasteiger partial charge in [0, 0.05) is 17.8 Å². The second-order valence-electron chi connectivity index (χ2n) is 4.56. The maximum absolute atomic E-state index is 11.9. The first-order valence-electron chi connectivity index (χ1n) is 6.32. The van der Waals surface area contributed by atoms with Crippen molar-refractivity contribution in [1.29, 1.82) is 0 Å². The molecule has 2 aromatic rings. The summed E-state index contributed by atoms with van der Waals surface area (Å²) in [5.41, 5.74) is 9.41. The van der Waals surface area contributed by atoms with Crippen molar-refractivity contribution in [3.8, 4) is 0 Å². The van der Waals surface area contributed by atoms with Crippen LogP contribution in [0.5, 0.6) is 0 Å². The summed E-state index contributed by atoms with van der Waals surface area (Å²) in [7, 11) is 0. The lowest BCUT2D eigenvalue weighted by molar-refractivity contribution is 0.0953. The SMILES string of the molecule is Cc1ccc(C(=O)NCCCc2ccsc2)cc1N. The van der Waals surface area contributed by atoms with Gasteiger partial charge in [0.1, 0.15) is 0 Å². The van der Waals surface area contributed by atoms with E-state index in [1.165, 1.54) is 5.56 Å². The van der Waals surface area contributed by atoms with Gasteiger partial charge in [-0.1, -0.05) is 6.07 Å². The summed E-state index contributed by atoms with van der Waals surface area (Å²) in [5.74, 6) is -0.0583. The highest BCUT2D eigenvalue weighted by atomic mass is 32.1. The number of rotatable bonds is 5. The largest absolute Gasteiger partial charge is 0.398 e. The molecule has 0 saturated heterocycles. The molecule has 1 amide bonds. The Kier molecular flexibility index (Phi) is 4.58. The minimum absolute atomic E-state index is 0.0583. The van der Waals surface area contributed by atoms with Crippen LogP contribution in [0, 0.1) is 6.92 Å². The fourth-order valence-corrected chi connectivity index (χ4v) is 2.52. The number of anilines is 1. The minimum atomic E-state index is -0.0583. The van der Waals surface area contributed by atoms with Crippen LogP contribution in [0.25, 0.3) is 0 Å². The molecule has 2 rings (SSSR count). The second kappa shape index (κ2) is 6.38. The maximum atomic E-state index is 11.9. The van der Waals surface area contributed by atoms with Crippen molar-refractivity contribution in [2.24, 2.45) is 0 Å². The highest BCUT2D eigenvalue weighted by molar-refractivity contribution is 7.07. The summed E-state index contributed by atoms with van der Waals surface area (Å²) in [5, 5.41) is 7.13. The zero-order valence-electron chi connectivity index (χ0n) is 11.0. The fourth-order valence-electron chi connectivity index (χ4n) is 1.81. The molecule has 0 aliphatic carbocycles. The van der Waals surface area contributed by atoms with Gasteiger partial charge in [-0.05, 0) is 59.9 Å². The average molecular weight is 274 g/mol. The highest BCUT2D eigenvalue weighted by Gasteiger charge is 2.06. The van der Waals surface area contributed by atoms with Crippen LogP contribution < -0.4 is 11.1 Å². The second-order valence-corrected chi connectivity index (χ2v) is 5.34. The van der Waals surface area contributed by atoms with E-state index < -0.39 is 0 Å². The van der Waals surface area contributed by atoms with Gasteiger partial charge in [0.25, 0.3) is 5.91 Å². The van der Waals surface area contributed by atoms with E-state index in [2.05, 4.69) is 22.1 Å². The molecule has 3 N–H and O–H groups in total. The molecule has 100 valence electrons. The van der Waals surface area contributed by atoms with Crippen molar-refractivity contribution in [3.05, 3.63) is 51.7 Å². The molecule has 0 bridgehead atoms. The van der Waals surface area contributed by atoms with Gasteiger partial charge in [0.15, 0.2) is 0 Å². The van der Waals surface area contributed by atoms with Crippen LogP contribution in [0.15, 0.2) is 35.0 Å². The monoisotopic (exact) mass is 274 g/mol. The molecule has 19 heavy (non-hydrogen) atoms. The number of carbonyl (C=O) groups is 1. The molecule has 1 heterocycles. The first kappa shape index (κ1) is 13.6. The lowest BCUT2D eigenvalue weighted by atomic mass is 10.1. The Morgan fingerprint density at radius 1 is 1.37 bits per heavy atom. The van der Waals surface area contributed by atoms with Crippen molar-refractivity contribution in [3.63, 3.8) is 0 Å². The lowest BCUT2D eigenvalue weighted by Gasteiger charge is -2.06. The van der Waals surface area contributed by atoms with Gasteiger partial charge in [-0.25, -0.2) is 0 Å². The van der Waals surface area contributed by atoms with E-state index in [1.807, 2.05) is 13.0 Å². The Morgan fingerprint density at radius 3 is 2.89 bits per heavy atom. The predicted molar refractivity (Wildman–Crippen MR) is 80.6 cm³/mol. The first-order valence-corrected chi connectivity index (χ1v) is 7.26. The molecule has 1 aromatic carbocycles. The Bertz CT molecular complexity index is 549. The summed E-state index contributed by atoms with van der Waals surface area (Å²) in [6.45, 7) is 2.61. The van der Waals surface area contributed by atoms with Crippen LogP contribution in [0.4, 0.5) is 5.69 Å². The summed E-state index contributed by atoms with van der Waals surface area (Å²) >= 11 is 1.70. The third-order valence-corrected chi connectivity index (χ3v) is 3.78. The molecule has 0 radical (unpaired) electrons. The van der Waals surface area contributed by atoms with Crippen LogP contribution in [0.1, 0.15) is 27.9 Å². The zero-order valence-corrected chi connectivity index (χ0v) is 11.8. The maximum Gasteiger partial charge on any atom is 0.251 e. The van der Waals surface area contributed by atoms with E-state index in [1.54, 1.807) is 23.5 Å². The normalized spacial score (nSPS) is 10.4. The van der Waals surface area contributed by atoms with Crippen molar-refractivity contribution in [2.45, 2.75) is 19.8 Å². The zero-order chi connectivity index (χ0) is 13.7. The van der Waals surface area contributed by atoms with Crippen LogP contribution in [-0.2, 0) is 6.42 Å². The number of thiophene rings is 1. The number of nitrogen functional groups attached to an aromatic ring is 1. The van der Waals surface area contributed by atoms with Crippen LogP contribution >= 0.6 is 11.3 Å². The van der Waals surface area contributed by atoms with Gasteiger partial charge in [0.2, 0.25) is 0 Å². The molecule has 3 nitrogen and oxygen atoms in total. The minimum Gasteiger partial charge on any atom is -0.398 e. The van der Waals surface area contributed by atoms with Crippen molar-refractivity contribution < 1.29 is 4.79 Å². The van der Waals surface area contributed by atoms with Gasteiger partial charge >= 0.3 is 0 Å². The average Bonchev–Trinajstić information content (AvgIpc) is 2.91. The van der Waals surface area contributed by atoms with Crippen molar-refractivity contribution in [1.82, 2.24) is 5.32 Å². The number of nitrogens with two attached hydrogens (primary N) is 1. The molecule has 1 aromatic heterocycles. The molecule has 0 unspecified atom stereocenters. The Hall–Kier alpha value is -1.81. The van der Waals surface area contributed by atoms with E-state index >= 15 is 0 Å². The van der Waals surface area contributed by atoms with E-state index in [9.17, 15) is 4.79 Å². The number of hydrogen-bond donors (Lipinski definition) is 2. The molecular formula is C15H18N2OS. The fraction of sp³-hybridized carbons (Fsp3) is 0.267. The summed E-state index contributed by atoms with van der Waals surface area (Å²) < 4.78 is 0. The number of hydrogen-bond acceptors (Lipinski definition) is 3. The summed E-state index contributed by atoms with van der Waals surface area (Å²) in [6, 6.07) is 7.52. The quantitative estimate of drug-likeness (QED) is 0.650. The molecule has 0 saturated carbocycles. The number of amides is 1. The van der Waals surface area contributed by atoms with Crippen molar-refractivity contribution in [2.75, 3.05) is 12.3 Å². The molecular weight excluding hydrogens is 256 g/mol. The molecule has 0 fully saturated rings. The number of aryl methyl sites for hydroxylation is 2. The summed E-state index contributed by atoms with van der Waals surface area (Å²) in [6.07, 6.45) is 1.95. The number of benzene rings is 1. The van der Waals surface area contributed by atoms with Gasteiger partial charge < -0.3 is 11.1 Å². The molecule has 0 atom stereocenters. The Balaban J connectivity index is 1.79. The van der Waals surface area contributed by atoms with Crippen molar-refractivity contribution >= 4 is 22.9 Å². The number of nitrogens with one attached hydrogen (secondary N) is 1. The molecule has 4 heteroatoms. The third-order valence-electron chi connectivity index (χ3n) is 3.05. The Morgan fingerprint density at radius 2 is 2.21 bits per heavy atom. The van der Waals surface area contributed by atoms with Gasteiger partial charge in [-0.2, -0.15) is 11.3 Å². The highest BCUT2D eigenvalue weighted by Crippen LogP contribution is 2.13. The predicted octanol–water partition coefficient (Wildman–Crippen LogP) is 3.00. The Labute approximate surface area is 117 Å². The number of carbonyl (C=O) groups excluding carboxylic acids is 1.